The monoisotopic (exact) mass is 448 g/mol. The fourth-order valence-electron chi connectivity index (χ4n) is 3.24. The summed E-state index contributed by atoms with van der Waals surface area (Å²) in [5.74, 6) is -0.942. The summed E-state index contributed by atoms with van der Waals surface area (Å²) in [6.45, 7) is 8.93. The fourth-order valence-corrected chi connectivity index (χ4v) is 4.07. The lowest BCUT2D eigenvalue weighted by atomic mass is 10.2. The number of carbonyl (C=O) groups excluding carboxylic acids is 4. The molecule has 1 aliphatic rings. The van der Waals surface area contributed by atoms with Gasteiger partial charge in [0.1, 0.15) is 12.3 Å². The smallest absolute Gasteiger partial charge is 0.344 e. The standard InChI is InChI=1S/C22H28N2O6S/c1-6-29-20(26)13-30-17-10-8-7-9-16(17)11-18-21(27)23(22(28)31-18)12-19(25)24(14(2)3)15(4)5/h7-11,14-15H,6,12-13H2,1-5H3/b18-11-. The number of hydrogen-bond donors (Lipinski definition) is 0. The van der Waals surface area contributed by atoms with Gasteiger partial charge in [0.25, 0.3) is 11.1 Å². The first-order valence-corrected chi connectivity index (χ1v) is 10.9. The van der Waals surface area contributed by atoms with Crippen LogP contribution in [0.5, 0.6) is 5.75 Å². The molecule has 0 atom stereocenters. The van der Waals surface area contributed by atoms with Gasteiger partial charge in [0, 0.05) is 17.6 Å². The predicted octanol–water partition coefficient (Wildman–Crippen LogP) is 3.31. The molecule has 1 aliphatic heterocycles. The van der Waals surface area contributed by atoms with Gasteiger partial charge in [0.2, 0.25) is 5.91 Å². The second kappa shape index (κ2) is 11.0. The second-order valence-corrected chi connectivity index (χ2v) is 8.38. The third-order valence-corrected chi connectivity index (χ3v) is 5.33. The van der Waals surface area contributed by atoms with Gasteiger partial charge < -0.3 is 14.4 Å². The van der Waals surface area contributed by atoms with Crippen molar-refractivity contribution >= 4 is 40.9 Å². The zero-order valence-corrected chi connectivity index (χ0v) is 19.2. The summed E-state index contributed by atoms with van der Waals surface area (Å²) in [6, 6.07) is 6.74. The van der Waals surface area contributed by atoms with Crippen molar-refractivity contribution in [1.29, 1.82) is 0 Å². The number of thioether (sulfide) groups is 1. The number of nitrogens with zero attached hydrogens (tertiary/aromatic N) is 2. The number of para-hydroxylation sites is 1. The zero-order valence-electron chi connectivity index (χ0n) is 18.4. The maximum atomic E-state index is 12.8. The van der Waals surface area contributed by atoms with Crippen molar-refractivity contribution in [3.05, 3.63) is 34.7 Å². The van der Waals surface area contributed by atoms with E-state index in [1.54, 1.807) is 36.1 Å². The molecule has 0 radical (unpaired) electrons. The maximum Gasteiger partial charge on any atom is 0.344 e. The van der Waals surface area contributed by atoms with E-state index in [4.69, 9.17) is 9.47 Å². The molecule has 168 valence electrons. The van der Waals surface area contributed by atoms with Gasteiger partial charge >= 0.3 is 5.97 Å². The van der Waals surface area contributed by atoms with Gasteiger partial charge in [0.05, 0.1) is 11.5 Å². The largest absolute Gasteiger partial charge is 0.481 e. The summed E-state index contributed by atoms with van der Waals surface area (Å²) in [7, 11) is 0. The van der Waals surface area contributed by atoms with E-state index in [1.165, 1.54) is 6.08 Å². The highest BCUT2D eigenvalue weighted by Gasteiger charge is 2.37. The molecule has 1 aromatic rings. The number of imide groups is 1. The second-order valence-electron chi connectivity index (χ2n) is 7.39. The van der Waals surface area contributed by atoms with Crippen LogP contribution < -0.4 is 4.74 Å². The van der Waals surface area contributed by atoms with Gasteiger partial charge in [-0.25, -0.2) is 4.79 Å². The Bertz CT molecular complexity index is 873. The van der Waals surface area contributed by atoms with Crippen molar-refractivity contribution in [1.82, 2.24) is 9.80 Å². The molecule has 1 saturated heterocycles. The number of carbonyl (C=O) groups is 4. The molecule has 8 nitrogen and oxygen atoms in total. The first kappa shape index (κ1) is 24.5. The Kier molecular flexibility index (Phi) is 8.67. The van der Waals surface area contributed by atoms with E-state index in [-0.39, 0.29) is 42.7 Å². The lowest BCUT2D eigenvalue weighted by Gasteiger charge is -2.31. The molecule has 1 heterocycles. The molecule has 0 unspecified atom stereocenters. The number of amides is 3. The molecule has 2 rings (SSSR count). The molecular weight excluding hydrogens is 420 g/mol. The van der Waals surface area contributed by atoms with Gasteiger partial charge in [0.15, 0.2) is 6.61 Å². The topological polar surface area (TPSA) is 93.2 Å². The Hall–Kier alpha value is -2.81. The van der Waals surface area contributed by atoms with Crippen LogP contribution in [-0.2, 0) is 19.1 Å². The summed E-state index contributed by atoms with van der Waals surface area (Å²) in [6.07, 6.45) is 1.53. The van der Waals surface area contributed by atoms with Crippen LogP contribution in [0.25, 0.3) is 6.08 Å². The van der Waals surface area contributed by atoms with Crippen molar-refractivity contribution in [3.8, 4) is 5.75 Å². The molecule has 0 N–H and O–H groups in total. The zero-order chi connectivity index (χ0) is 23.1. The van der Waals surface area contributed by atoms with Gasteiger partial charge in [-0.15, -0.1) is 0 Å². The SMILES string of the molecule is CCOC(=O)COc1ccccc1/C=C1\SC(=O)N(CC(=O)N(C(C)C)C(C)C)C1=O. The molecule has 3 amide bonds. The molecular formula is C22H28N2O6S. The van der Waals surface area contributed by atoms with E-state index in [9.17, 15) is 19.2 Å². The van der Waals surface area contributed by atoms with Crippen LogP contribution in [0.4, 0.5) is 4.79 Å². The van der Waals surface area contributed by atoms with Gasteiger partial charge in [-0.2, -0.15) is 0 Å². The Morgan fingerprint density at radius 1 is 1.13 bits per heavy atom. The van der Waals surface area contributed by atoms with Crippen LogP contribution in [-0.4, -0.2) is 64.7 Å². The maximum absolute atomic E-state index is 12.8. The molecule has 0 bridgehead atoms. The Morgan fingerprint density at radius 3 is 2.39 bits per heavy atom. The number of ether oxygens (including phenoxy) is 2. The summed E-state index contributed by atoms with van der Waals surface area (Å²) in [4.78, 5) is 52.3. The van der Waals surface area contributed by atoms with Crippen molar-refractivity contribution in [3.63, 3.8) is 0 Å². The minimum absolute atomic E-state index is 0.0496. The van der Waals surface area contributed by atoms with Crippen LogP contribution in [0.15, 0.2) is 29.2 Å². The van der Waals surface area contributed by atoms with Crippen LogP contribution in [0, 0.1) is 0 Å². The number of rotatable bonds is 9. The average molecular weight is 449 g/mol. The van der Waals surface area contributed by atoms with Crippen molar-refractivity contribution in [2.24, 2.45) is 0 Å². The van der Waals surface area contributed by atoms with Crippen LogP contribution in [0.1, 0.15) is 40.2 Å². The summed E-state index contributed by atoms with van der Waals surface area (Å²) in [5.41, 5.74) is 0.537. The predicted molar refractivity (Wildman–Crippen MR) is 118 cm³/mol. The lowest BCUT2D eigenvalue weighted by Crippen LogP contribution is -2.48. The first-order valence-electron chi connectivity index (χ1n) is 10.1. The van der Waals surface area contributed by atoms with E-state index in [1.807, 2.05) is 27.7 Å². The third-order valence-electron chi connectivity index (χ3n) is 4.42. The van der Waals surface area contributed by atoms with E-state index in [0.717, 1.165) is 16.7 Å². The normalized spacial score (nSPS) is 15.2. The Balaban J connectivity index is 2.17. The first-order chi connectivity index (χ1) is 14.6. The highest BCUT2D eigenvalue weighted by atomic mass is 32.2. The van der Waals surface area contributed by atoms with Gasteiger partial charge in [-0.1, -0.05) is 18.2 Å². The molecule has 31 heavy (non-hydrogen) atoms. The molecule has 0 saturated carbocycles. The lowest BCUT2D eigenvalue weighted by molar-refractivity contribution is -0.145. The summed E-state index contributed by atoms with van der Waals surface area (Å²) in [5, 5.41) is -0.498. The minimum atomic E-state index is -0.531. The fraction of sp³-hybridized carbons (Fsp3) is 0.455. The molecule has 1 fully saturated rings. The van der Waals surface area contributed by atoms with Gasteiger partial charge in [-0.05, 0) is 58.5 Å². The van der Waals surface area contributed by atoms with E-state index >= 15 is 0 Å². The summed E-state index contributed by atoms with van der Waals surface area (Å²) < 4.78 is 10.3. The Labute approximate surface area is 186 Å². The quantitative estimate of drug-likeness (QED) is 0.423. The summed E-state index contributed by atoms with van der Waals surface area (Å²) >= 11 is 0.769. The molecule has 0 spiro atoms. The Morgan fingerprint density at radius 2 is 1.77 bits per heavy atom. The molecule has 0 aromatic heterocycles. The highest BCUT2D eigenvalue weighted by molar-refractivity contribution is 8.18. The number of benzene rings is 1. The third kappa shape index (κ3) is 6.33. The number of esters is 1. The minimum Gasteiger partial charge on any atom is -0.481 e. The van der Waals surface area contributed by atoms with Crippen molar-refractivity contribution < 1.29 is 28.7 Å². The molecule has 9 heteroatoms. The average Bonchev–Trinajstić information content (AvgIpc) is 2.94. The van der Waals surface area contributed by atoms with Crippen LogP contribution >= 0.6 is 11.8 Å². The highest BCUT2D eigenvalue weighted by Crippen LogP contribution is 2.34. The van der Waals surface area contributed by atoms with Crippen molar-refractivity contribution in [2.45, 2.75) is 46.7 Å². The van der Waals surface area contributed by atoms with Gasteiger partial charge in [-0.3, -0.25) is 19.3 Å². The van der Waals surface area contributed by atoms with E-state index in [0.29, 0.717) is 11.3 Å². The molecule has 1 aromatic carbocycles. The van der Waals surface area contributed by atoms with E-state index in [2.05, 4.69) is 0 Å². The van der Waals surface area contributed by atoms with Crippen LogP contribution in [0.3, 0.4) is 0 Å². The van der Waals surface area contributed by atoms with Crippen molar-refractivity contribution in [2.75, 3.05) is 19.8 Å². The molecule has 0 aliphatic carbocycles. The van der Waals surface area contributed by atoms with Crippen LogP contribution in [0.2, 0.25) is 0 Å². The number of hydrogen-bond acceptors (Lipinski definition) is 7. The van der Waals surface area contributed by atoms with E-state index < -0.39 is 17.1 Å².